The van der Waals surface area contributed by atoms with E-state index in [4.69, 9.17) is 5.73 Å². The number of hydrogen-bond acceptors (Lipinski definition) is 8. The van der Waals surface area contributed by atoms with Crippen LogP contribution in [0.25, 0.3) is 0 Å². The normalized spacial score (nSPS) is 19.7. The predicted molar refractivity (Wildman–Crippen MR) is 127 cm³/mol. The maximum absolute atomic E-state index is 13.3. The van der Waals surface area contributed by atoms with Gasteiger partial charge in [-0.05, 0) is 49.6 Å². The lowest BCUT2D eigenvalue weighted by Gasteiger charge is -2.37. The predicted octanol–water partition coefficient (Wildman–Crippen LogP) is 1.85. The minimum absolute atomic E-state index is 0.0449. The molecule has 0 radical (unpaired) electrons. The first-order valence-electron chi connectivity index (χ1n) is 11.1. The fourth-order valence-electron chi connectivity index (χ4n) is 3.84. The zero-order chi connectivity index (χ0) is 25.0. The SMILES string of the molecule is C[C@H]1CCC(Nc2ccccc2)S(=O)(=O)N1Cc1ccc(C(=O)NCc2noc(C(N)=O)n2)cc1. The third kappa shape index (κ3) is 5.66. The molecule has 1 unspecified atom stereocenters. The number of aromatic nitrogens is 2. The van der Waals surface area contributed by atoms with Gasteiger partial charge in [0.15, 0.2) is 5.82 Å². The number of primary amides is 1. The van der Waals surface area contributed by atoms with Crippen LogP contribution in [0.4, 0.5) is 5.69 Å². The molecule has 1 aliphatic heterocycles. The van der Waals surface area contributed by atoms with E-state index in [0.717, 1.165) is 17.7 Å². The molecule has 1 aliphatic rings. The molecule has 0 bridgehead atoms. The molecule has 11 nitrogen and oxygen atoms in total. The Balaban J connectivity index is 1.39. The second-order valence-electron chi connectivity index (χ2n) is 8.28. The van der Waals surface area contributed by atoms with Gasteiger partial charge in [0.2, 0.25) is 10.0 Å². The molecule has 3 aromatic rings. The van der Waals surface area contributed by atoms with Crippen LogP contribution in [0, 0.1) is 0 Å². The fourth-order valence-corrected chi connectivity index (χ4v) is 5.82. The molecular formula is C23H26N6O5S. The molecule has 184 valence electrons. The number of nitrogens with one attached hydrogen (secondary N) is 2. The molecule has 35 heavy (non-hydrogen) atoms. The van der Waals surface area contributed by atoms with E-state index < -0.39 is 21.3 Å². The first-order valence-corrected chi connectivity index (χ1v) is 12.6. The summed E-state index contributed by atoms with van der Waals surface area (Å²) in [6.07, 6.45) is 1.26. The van der Waals surface area contributed by atoms with Crippen LogP contribution < -0.4 is 16.4 Å². The van der Waals surface area contributed by atoms with Crippen molar-refractivity contribution in [3.8, 4) is 0 Å². The Bertz CT molecular complexity index is 1290. The summed E-state index contributed by atoms with van der Waals surface area (Å²) >= 11 is 0. The lowest BCUT2D eigenvalue weighted by molar-refractivity contribution is 0.0944. The van der Waals surface area contributed by atoms with E-state index in [0.29, 0.717) is 12.0 Å². The van der Waals surface area contributed by atoms with Crippen LogP contribution >= 0.6 is 0 Å². The summed E-state index contributed by atoms with van der Waals surface area (Å²) in [5.41, 5.74) is 6.96. The van der Waals surface area contributed by atoms with Gasteiger partial charge in [0.1, 0.15) is 5.37 Å². The fraction of sp³-hybridized carbons (Fsp3) is 0.304. The third-order valence-electron chi connectivity index (χ3n) is 5.77. The third-order valence-corrected chi connectivity index (χ3v) is 7.98. The van der Waals surface area contributed by atoms with Crippen LogP contribution in [0.3, 0.4) is 0 Å². The molecule has 1 aromatic heterocycles. The Morgan fingerprint density at radius 2 is 1.83 bits per heavy atom. The average molecular weight is 499 g/mol. The summed E-state index contributed by atoms with van der Waals surface area (Å²) in [5, 5.41) is 8.63. The van der Waals surface area contributed by atoms with Crippen LogP contribution in [0.15, 0.2) is 59.1 Å². The molecule has 2 heterocycles. The van der Waals surface area contributed by atoms with E-state index in [1.165, 1.54) is 4.31 Å². The van der Waals surface area contributed by atoms with Crippen LogP contribution in [-0.4, -0.2) is 46.1 Å². The summed E-state index contributed by atoms with van der Waals surface area (Å²) in [6, 6.07) is 15.8. The lowest BCUT2D eigenvalue weighted by atomic mass is 10.1. The Labute approximate surface area is 202 Å². The number of rotatable bonds is 8. The van der Waals surface area contributed by atoms with Gasteiger partial charge in [0.25, 0.3) is 5.91 Å². The maximum Gasteiger partial charge on any atom is 0.315 e. The zero-order valence-electron chi connectivity index (χ0n) is 19.0. The summed E-state index contributed by atoms with van der Waals surface area (Å²) in [7, 11) is -3.59. The minimum atomic E-state index is -3.59. The number of benzene rings is 2. The van der Waals surface area contributed by atoms with E-state index >= 15 is 0 Å². The van der Waals surface area contributed by atoms with Gasteiger partial charge in [-0.25, -0.2) is 8.42 Å². The van der Waals surface area contributed by atoms with Gasteiger partial charge in [-0.3, -0.25) is 9.59 Å². The van der Waals surface area contributed by atoms with Crippen LogP contribution in [-0.2, 0) is 23.1 Å². The first-order chi connectivity index (χ1) is 16.7. The van der Waals surface area contributed by atoms with Gasteiger partial charge in [0.05, 0.1) is 6.54 Å². The van der Waals surface area contributed by atoms with Gasteiger partial charge in [0, 0.05) is 23.8 Å². The summed E-state index contributed by atoms with van der Waals surface area (Å²) < 4.78 is 32.8. The van der Waals surface area contributed by atoms with Crippen LogP contribution in [0.1, 0.15) is 52.2 Å². The van der Waals surface area contributed by atoms with E-state index in [-0.39, 0.29) is 36.8 Å². The van der Waals surface area contributed by atoms with E-state index in [9.17, 15) is 18.0 Å². The number of para-hydroxylation sites is 1. The molecule has 12 heteroatoms. The highest BCUT2D eigenvalue weighted by Gasteiger charge is 2.39. The topological polar surface area (TPSA) is 161 Å². The standard InChI is InChI=1S/C23H26N6O5S/c1-15-7-12-20(26-18-5-3-2-4-6-18)35(32,33)29(15)14-16-8-10-17(11-9-16)22(31)25-13-19-27-23(21(24)30)34-28-19/h2-6,8-11,15,20,26H,7,12-14H2,1H3,(H2,24,30)(H,25,31)/t15-,20?/m0/s1. The molecule has 2 aromatic carbocycles. The van der Waals surface area contributed by atoms with Crippen LogP contribution in [0.5, 0.6) is 0 Å². The quantitative estimate of drug-likeness (QED) is 0.424. The van der Waals surface area contributed by atoms with Crippen molar-refractivity contribution in [2.45, 2.75) is 44.3 Å². The number of anilines is 1. The molecule has 2 amide bonds. The van der Waals surface area contributed by atoms with Crippen molar-refractivity contribution in [3.63, 3.8) is 0 Å². The van der Waals surface area contributed by atoms with Gasteiger partial charge in [-0.2, -0.15) is 9.29 Å². The van der Waals surface area contributed by atoms with Crippen molar-refractivity contribution >= 4 is 27.5 Å². The second-order valence-corrected chi connectivity index (χ2v) is 10.3. The van der Waals surface area contributed by atoms with Crippen molar-refractivity contribution in [2.24, 2.45) is 5.73 Å². The molecule has 1 saturated heterocycles. The lowest BCUT2D eigenvalue weighted by Crippen LogP contribution is -2.50. The van der Waals surface area contributed by atoms with E-state index in [1.807, 2.05) is 37.3 Å². The van der Waals surface area contributed by atoms with Gasteiger partial charge < -0.3 is 20.9 Å². The molecule has 0 spiro atoms. The number of carbonyl (C=O) groups excluding carboxylic acids is 2. The number of sulfonamides is 1. The van der Waals surface area contributed by atoms with Crippen molar-refractivity contribution in [3.05, 3.63) is 77.4 Å². The zero-order valence-corrected chi connectivity index (χ0v) is 19.9. The number of carbonyl (C=O) groups is 2. The van der Waals surface area contributed by atoms with Gasteiger partial charge in [-0.15, -0.1) is 0 Å². The molecule has 2 atom stereocenters. The van der Waals surface area contributed by atoms with Gasteiger partial charge in [-0.1, -0.05) is 35.5 Å². The molecule has 4 rings (SSSR count). The molecule has 0 saturated carbocycles. The summed E-state index contributed by atoms with van der Waals surface area (Å²) in [4.78, 5) is 27.2. The molecule has 4 N–H and O–H groups in total. The molecule has 0 aliphatic carbocycles. The maximum atomic E-state index is 13.3. The van der Waals surface area contributed by atoms with Crippen molar-refractivity contribution in [1.29, 1.82) is 0 Å². The number of nitrogens with two attached hydrogens (primary N) is 1. The Morgan fingerprint density at radius 3 is 2.49 bits per heavy atom. The smallest absolute Gasteiger partial charge is 0.315 e. The summed E-state index contributed by atoms with van der Waals surface area (Å²) in [5.74, 6) is -1.45. The number of hydrogen-bond donors (Lipinski definition) is 3. The van der Waals surface area contributed by atoms with E-state index in [1.54, 1.807) is 24.3 Å². The average Bonchev–Trinajstić information content (AvgIpc) is 3.33. The minimum Gasteiger partial charge on any atom is -0.368 e. The number of amides is 2. The van der Waals surface area contributed by atoms with Crippen LogP contribution in [0.2, 0.25) is 0 Å². The number of nitrogens with zero attached hydrogens (tertiary/aromatic N) is 3. The van der Waals surface area contributed by atoms with Crippen molar-refractivity contribution < 1.29 is 22.5 Å². The van der Waals surface area contributed by atoms with Gasteiger partial charge >= 0.3 is 11.8 Å². The molecule has 1 fully saturated rings. The Hall–Kier alpha value is -3.77. The Kier molecular flexibility index (Phi) is 7.12. The first kappa shape index (κ1) is 24.4. The van der Waals surface area contributed by atoms with Crippen molar-refractivity contribution in [1.82, 2.24) is 19.8 Å². The van der Waals surface area contributed by atoms with E-state index in [2.05, 4.69) is 25.3 Å². The second kappa shape index (κ2) is 10.2. The van der Waals surface area contributed by atoms with Crippen molar-refractivity contribution in [2.75, 3.05) is 5.32 Å². The highest BCUT2D eigenvalue weighted by molar-refractivity contribution is 7.89. The summed E-state index contributed by atoms with van der Waals surface area (Å²) in [6.45, 7) is 2.06. The Morgan fingerprint density at radius 1 is 1.11 bits per heavy atom. The largest absolute Gasteiger partial charge is 0.368 e. The highest BCUT2D eigenvalue weighted by atomic mass is 32.2. The molecular weight excluding hydrogens is 472 g/mol. The monoisotopic (exact) mass is 498 g/mol. The highest BCUT2D eigenvalue weighted by Crippen LogP contribution is 2.29.